The molecule has 30 heavy (non-hydrogen) atoms. The molecule has 5 rings (SSSR count). The number of hydrogen-bond donors (Lipinski definition) is 0. The van der Waals surface area contributed by atoms with Crippen LogP contribution < -0.4 is 0 Å². The number of fused-ring (bicyclic) bond motifs is 4. The van der Waals surface area contributed by atoms with Gasteiger partial charge < -0.3 is 4.90 Å². The van der Waals surface area contributed by atoms with Gasteiger partial charge in [-0.25, -0.2) is 9.07 Å². The van der Waals surface area contributed by atoms with E-state index in [0.717, 1.165) is 63.0 Å². The van der Waals surface area contributed by atoms with Gasteiger partial charge >= 0.3 is 0 Å². The number of amides is 1. The third kappa shape index (κ3) is 3.55. The van der Waals surface area contributed by atoms with Crippen LogP contribution in [0.15, 0.2) is 36.7 Å². The number of piperidine rings is 3. The number of rotatable bonds is 5. The Kier molecular flexibility index (Phi) is 5.35. The second kappa shape index (κ2) is 8.14. The van der Waals surface area contributed by atoms with Gasteiger partial charge in [0.2, 0.25) is 5.91 Å². The van der Waals surface area contributed by atoms with E-state index in [2.05, 4.69) is 21.8 Å². The zero-order valence-electron chi connectivity index (χ0n) is 17.7. The molecule has 3 aliphatic heterocycles. The molecular formula is C24H31FN4O. The number of hydrogen-bond acceptors (Lipinski definition) is 3. The minimum atomic E-state index is -0.203. The predicted octanol–water partition coefficient (Wildman–Crippen LogP) is 4.01. The third-order valence-electron chi connectivity index (χ3n) is 7.34. The lowest BCUT2D eigenvalue weighted by Gasteiger charge is -2.57. The molecule has 1 aromatic heterocycles. The van der Waals surface area contributed by atoms with Gasteiger partial charge in [-0.3, -0.25) is 9.69 Å². The minimum Gasteiger partial charge on any atom is -0.336 e. The van der Waals surface area contributed by atoms with Crippen LogP contribution in [0.25, 0.3) is 5.69 Å². The fourth-order valence-electron chi connectivity index (χ4n) is 6.23. The largest absolute Gasteiger partial charge is 0.336 e. The number of carbonyl (C=O) groups excluding carboxylic acids is 1. The summed E-state index contributed by atoms with van der Waals surface area (Å²) in [4.78, 5) is 17.6. The summed E-state index contributed by atoms with van der Waals surface area (Å²) in [5, 5.41) is 4.36. The van der Waals surface area contributed by atoms with Crippen molar-refractivity contribution < 1.29 is 9.18 Å². The number of nitrogens with zero attached hydrogens (tertiary/aromatic N) is 4. The molecule has 3 fully saturated rings. The van der Waals surface area contributed by atoms with Crippen molar-refractivity contribution in [3.63, 3.8) is 0 Å². The predicted molar refractivity (Wildman–Crippen MR) is 114 cm³/mol. The molecule has 6 heteroatoms. The van der Waals surface area contributed by atoms with Crippen molar-refractivity contribution in [3.05, 3.63) is 48.0 Å². The van der Waals surface area contributed by atoms with Gasteiger partial charge in [0, 0.05) is 50.5 Å². The average molecular weight is 411 g/mol. The molecule has 1 aromatic carbocycles. The molecule has 0 saturated carbocycles. The van der Waals surface area contributed by atoms with Crippen LogP contribution in [0.5, 0.6) is 0 Å². The minimum absolute atomic E-state index is 0.203. The van der Waals surface area contributed by atoms with Crippen molar-refractivity contribution in [1.82, 2.24) is 19.6 Å². The Morgan fingerprint density at radius 3 is 2.90 bits per heavy atom. The first-order valence-electron chi connectivity index (χ1n) is 11.5. The molecule has 4 heterocycles. The SMILES string of the molecule is CCC[C@H]1[C@H]2C[C@H](CN(Cc3cc(F)ccc3-n3cccn3)C2)[C@@H]2CCCC(=O)N21. The molecule has 0 N–H and O–H groups in total. The Labute approximate surface area is 177 Å². The molecule has 1 amide bonds. The summed E-state index contributed by atoms with van der Waals surface area (Å²) in [6.07, 6.45) is 9.96. The number of carbonyl (C=O) groups is 1. The first kappa shape index (κ1) is 19.7. The van der Waals surface area contributed by atoms with Crippen LogP contribution in [0, 0.1) is 17.7 Å². The van der Waals surface area contributed by atoms with Crippen LogP contribution in [0.3, 0.4) is 0 Å². The molecule has 3 saturated heterocycles. The molecule has 2 aromatic rings. The molecule has 160 valence electrons. The van der Waals surface area contributed by atoms with E-state index in [1.165, 1.54) is 12.5 Å². The van der Waals surface area contributed by atoms with Gasteiger partial charge in [-0.1, -0.05) is 13.3 Å². The van der Waals surface area contributed by atoms with E-state index in [1.54, 1.807) is 12.3 Å². The molecule has 0 radical (unpaired) electrons. The molecule has 0 spiro atoms. The number of halogens is 1. The first-order valence-corrected chi connectivity index (χ1v) is 11.5. The Hall–Kier alpha value is -2.21. The summed E-state index contributed by atoms with van der Waals surface area (Å²) in [5.41, 5.74) is 1.92. The summed E-state index contributed by atoms with van der Waals surface area (Å²) < 4.78 is 15.9. The maximum absolute atomic E-state index is 14.1. The maximum Gasteiger partial charge on any atom is 0.223 e. The highest BCUT2D eigenvalue weighted by molar-refractivity contribution is 5.78. The zero-order valence-corrected chi connectivity index (χ0v) is 17.7. The van der Waals surface area contributed by atoms with Crippen LogP contribution >= 0.6 is 0 Å². The number of benzene rings is 1. The van der Waals surface area contributed by atoms with Crippen molar-refractivity contribution in [2.45, 2.75) is 64.1 Å². The topological polar surface area (TPSA) is 41.4 Å². The van der Waals surface area contributed by atoms with E-state index in [-0.39, 0.29) is 5.82 Å². The third-order valence-corrected chi connectivity index (χ3v) is 7.34. The highest BCUT2D eigenvalue weighted by Gasteiger charge is 2.48. The summed E-state index contributed by atoms with van der Waals surface area (Å²) in [5.74, 6) is 1.22. The Balaban J connectivity index is 1.41. The highest BCUT2D eigenvalue weighted by atomic mass is 19.1. The van der Waals surface area contributed by atoms with Gasteiger partial charge in [-0.05, 0) is 67.3 Å². The van der Waals surface area contributed by atoms with Crippen molar-refractivity contribution in [1.29, 1.82) is 0 Å². The molecule has 0 unspecified atom stereocenters. The Bertz CT molecular complexity index is 899. The van der Waals surface area contributed by atoms with Crippen LogP contribution in [-0.2, 0) is 11.3 Å². The zero-order chi connectivity index (χ0) is 20.7. The summed E-state index contributed by atoms with van der Waals surface area (Å²) in [6, 6.07) is 7.63. The maximum atomic E-state index is 14.1. The van der Waals surface area contributed by atoms with E-state index in [1.807, 2.05) is 23.0 Å². The highest BCUT2D eigenvalue weighted by Crippen LogP contribution is 2.43. The van der Waals surface area contributed by atoms with Crippen LogP contribution in [-0.4, -0.2) is 50.7 Å². The van der Waals surface area contributed by atoms with E-state index < -0.39 is 0 Å². The van der Waals surface area contributed by atoms with E-state index in [9.17, 15) is 9.18 Å². The first-order chi connectivity index (χ1) is 14.6. The smallest absolute Gasteiger partial charge is 0.223 e. The van der Waals surface area contributed by atoms with Crippen LogP contribution in [0.2, 0.25) is 0 Å². The number of likely N-dealkylation sites (tertiary alicyclic amines) is 1. The summed E-state index contributed by atoms with van der Waals surface area (Å²) >= 11 is 0. The molecule has 2 bridgehead atoms. The standard InChI is InChI=1S/C24H31FN4O/c1-2-5-22-17-12-18(23-6-3-7-24(30)29(22)23)15-27(14-17)16-19-13-20(25)8-9-21(19)28-11-4-10-26-28/h4,8-11,13,17-18,22-23H,2-3,5-7,12,14-16H2,1H3/t17-,18+,22-,23-/m0/s1. The second-order valence-corrected chi connectivity index (χ2v) is 9.29. The van der Waals surface area contributed by atoms with Gasteiger partial charge in [0.25, 0.3) is 0 Å². The van der Waals surface area contributed by atoms with Crippen molar-refractivity contribution in [2.24, 2.45) is 11.8 Å². The van der Waals surface area contributed by atoms with Crippen LogP contribution in [0.1, 0.15) is 51.0 Å². The van der Waals surface area contributed by atoms with E-state index in [0.29, 0.717) is 29.8 Å². The molecule has 3 aliphatic rings. The average Bonchev–Trinajstić information content (AvgIpc) is 3.26. The Morgan fingerprint density at radius 1 is 1.23 bits per heavy atom. The Morgan fingerprint density at radius 2 is 2.10 bits per heavy atom. The fourth-order valence-corrected chi connectivity index (χ4v) is 6.23. The van der Waals surface area contributed by atoms with E-state index in [4.69, 9.17) is 0 Å². The number of aromatic nitrogens is 2. The van der Waals surface area contributed by atoms with E-state index >= 15 is 0 Å². The van der Waals surface area contributed by atoms with Gasteiger partial charge in [0.1, 0.15) is 5.82 Å². The lowest BCUT2D eigenvalue weighted by atomic mass is 9.71. The normalized spacial score (nSPS) is 29.1. The quantitative estimate of drug-likeness (QED) is 0.748. The lowest BCUT2D eigenvalue weighted by molar-refractivity contribution is -0.153. The second-order valence-electron chi connectivity index (χ2n) is 9.29. The van der Waals surface area contributed by atoms with Crippen molar-refractivity contribution in [2.75, 3.05) is 13.1 Å². The molecule has 4 atom stereocenters. The van der Waals surface area contributed by atoms with Crippen LogP contribution in [0.4, 0.5) is 4.39 Å². The van der Waals surface area contributed by atoms with Gasteiger partial charge in [0.15, 0.2) is 0 Å². The molecule has 0 aliphatic carbocycles. The van der Waals surface area contributed by atoms with Gasteiger partial charge in [0.05, 0.1) is 5.69 Å². The molecule has 5 nitrogen and oxygen atoms in total. The molecular weight excluding hydrogens is 379 g/mol. The summed E-state index contributed by atoms with van der Waals surface area (Å²) in [7, 11) is 0. The fraction of sp³-hybridized carbons (Fsp3) is 0.583. The van der Waals surface area contributed by atoms with Gasteiger partial charge in [-0.15, -0.1) is 0 Å². The van der Waals surface area contributed by atoms with Gasteiger partial charge in [-0.2, -0.15) is 5.10 Å². The van der Waals surface area contributed by atoms with Crippen molar-refractivity contribution in [3.8, 4) is 5.69 Å². The van der Waals surface area contributed by atoms with Crippen molar-refractivity contribution >= 4 is 5.91 Å². The summed E-state index contributed by atoms with van der Waals surface area (Å²) in [6.45, 7) is 4.91. The monoisotopic (exact) mass is 410 g/mol. The lowest BCUT2D eigenvalue weighted by Crippen LogP contribution is -2.64.